The van der Waals surface area contributed by atoms with Gasteiger partial charge in [-0.25, -0.2) is 4.99 Å². The van der Waals surface area contributed by atoms with Gasteiger partial charge in [-0.15, -0.1) is 0 Å². The third kappa shape index (κ3) is 2.63. The zero-order valence-corrected chi connectivity index (χ0v) is 14.4. The van der Waals surface area contributed by atoms with Crippen LogP contribution in [0.15, 0.2) is 52.0 Å². The molecule has 2 aliphatic rings. The van der Waals surface area contributed by atoms with E-state index in [0.717, 1.165) is 29.7 Å². The number of aromatic nitrogens is 2. The first-order valence-corrected chi connectivity index (χ1v) is 8.75. The van der Waals surface area contributed by atoms with Crippen LogP contribution in [-0.2, 0) is 17.8 Å². The Kier molecular flexibility index (Phi) is 3.48. The van der Waals surface area contributed by atoms with Crippen molar-refractivity contribution in [2.24, 2.45) is 4.99 Å². The average molecular weight is 346 g/mol. The predicted octanol–water partition coefficient (Wildman–Crippen LogP) is 4.03. The van der Waals surface area contributed by atoms with Gasteiger partial charge in [-0.1, -0.05) is 29.4 Å². The van der Waals surface area contributed by atoms with Gasteiger partial charge < -0.3 is 14.6 Å². The van der Waals surface area contributed by atoms with Crippen LogP contribution in [0.3, 0.4) is 0 Å². The molecule has 0 fully saturated rings. The monoisotopic (exact) mass is 346 g/mol. The number of nitrogens with zero attached hydrogens (tertiary/aromatic N) is 3. The summed E-state index contributed by atoms with van der Waals surface area (Å²) < 4.78 is 10.9. The van der Waals surface area contributed by atoms with Gasteiger partial charge >= 0.3 is 0 Å². The van der Waals surface area contributed by atoms with Crippen molar-refractivity contribution in [2.75, 3.05) is 5.32 Å². The van der Waals surface area contributed by atoms with E-state index in [4.69, 9.17) is 14.3 Å². The molecule has 1 atom stereocenters. The molecular weight excluding hydrogens is 328 g/mol. The fraction of sp³-hybridized carbons (Fsp3) is 0.250. The summed E-state index contributed by atoms with van der Waals surface area (Å²) in [6.45, 7) is 2.25. The zero-order valence-electron chi connectivity index (χ0n) is 14.4. The lowest BCUT2D eigenvalue weighted by molar-refractivity contribution is 0.282. The van der Waals surface area contributed by atoms with Crippen LogP contribution in [0.4, 0.5) is 5.69 Å². The van der Waals surface area contributed by atoms with E-state index in [2.05, 4.69) is 39.7 Å². The topological polar surface area (TPSA) is 72.5 Å². The summed E-state index contributed by atoms with van der Waals surface area (Å²) in [6, 6.07) is 15.3. The van der Waals surface area contributed by atoms with Gasteiger partial charge in [-0.3, -0.25) is 0 Å². The summed E-state index contributed by atoms with van der Waals surface area (Å²) >= 11 is 0. The van der Waals surface area contributed by atoms with E-state index in [1.54, 1.807) is 6.92 Å². The molecule has 2 aromatic carbocycles. The van der Waals surface area contributed by atoms with Gasteiger partial charge in [0.15, 0.2) is 0 Å². The molecule has 3 aromatic rings. The van der Waals surface area contributed by atoms with Gasteiger partial charge in [0.1, 0.15) is 6.61 Å². The number of rotatable bonds is 2. The fourth-order valence-electron chi connectivity index (χ4n) is 3.57. The van der Waals surface area contributed by atoms with Gasteiger partial charge in [0.25, 0.3) is 6.02 Å². The van der Waals surface area contributed by atoms with Gasteiger partial charge in [0, 0.05) is 23.7 Å². The Morgan fingerprint density at radius 1 is 1.15 bits per heavy atom. The predicted molar refractivity (Wildman–Crippen MR) is 97.8 cm³/mol. The molecule has 0 spiro atoms. The molecule has 0 saturated heterocycles. The van der Waals surface area contributed by atoms with Crippen molar-refractivity contribution in [3.8, 4) is 11.4 Å². The zero-order chi connectivity index (χ0) is 17.5. The Morgan fingerprint density at radius 2 is 2.08 bits per heavy atom. The van der Waals surface area contributed by atoms with E-state index in [1.807, 2.05) is 18.2 Å². The Morgan fingerprint density at radius 3 is 2.96 bits per heavy atom. The van der Waals surface area contributed by atoms with Crippen LogP contribution < -0.4 is 5.32 Å². The van der Waals surface area contributed by atoms with Crippen LogP contribution in [-0.4, -0.2) is 16.2 Å². The lowest BCUT2D eigenvalue weighted by Gasteiger charge is -2.22. The first-order valence-electron chi connectivity index (χ1n) is 8.75. The number of aryl methyl sites for hydroxylation is 2. The van der Waals surface area contributed by atoms with E-state index >= 15 is 0 Å². The highest BCUT2D eigenvalue weighted by Crippen LogP contribution is 2.35. The van der Waals surface area contributed by atoms with Crippen molar-refractivity contribution < 1.29 is 9.26 Å². The Balaban J connectivity index is 1.39. The SMILES string of the molecule is Cc1nc(-c2ccc3c(c2)COC(=N[C@@H]2CCc4ccccc42)N3)no1. The fourth-order valence-corrected chi connectivity index (χ4v) is 3.57. The highest BCUT2D eigenvalue weighted by molar-refractivity contribution is 5.92. The van der Waals surface area contributed by atoms with Crippen LogP contribution in [0.2, 0.25) is 0 Å². The third-order valence-electron chi connectivity index (χ3n) is 4.87. The maximum absolute atomic E-state index is 5.85. The van der Waals surface area contributed by atoms with Crippen molar-refractivity contribution in [1.82, 2.24) is 10.1 Å². The van der Waals surface area contributed by atoms with Crippen molar-refractivity contribution in [3.63, 3.8) is 0 Å². The summed E-state index contributed by atoms with van der Waals surface area (Å²) in [7, 11) is 0. The molecule has 26 heavy (non-hydrogen) atoms. The second-order valence-corrected chi connectivity index (χ2v) is 6.61. The van der Waals surface area contributed by atoms with Crippen LogP contribution in [0.1, 0.15) is 35.0 Å². The lowest BCUT2D eigenvalue weighted by atomic mass is 10.1. The van der Waals surface area contributed by atoms with Gasteiger partial charge in [-0.2, -0.15) is 4.98 Å². The van der Waals surface area contributed by atoms with E-state index in [0.29, 0.717) is 24.3 Å². The van der Waals surface area contributed by atoms with Gasteiger partial charge in [0.05, 0.1) is 6.04 Å². The molecule has 0 unspecified atom stereocenters. The molecule has 0 radical (unpaired) electrons. The molecule has 2 heterocycles. The molecule has 1 N–H and O–H groups in total. The molecular formula is C20H18N4O2. The number of hydrogen-bond acceptors (Lipinski definition) is 5. The molecule has 6 heteroatoms. The summed E-state index contributed by atoms with van der Waals surface area (Å²) in [6.07, 6.45) is 2.10. The standard InChI is InChI=1S/C20H18N4O2/c1-12-21-19(24-26-12)14-7-8-17-15(10-14)11-25-20(22-17)23-18-9-6-13-4-2-3-5-16(13)18/h2-5,7-8,10,18H,6,9,11H2,1H3,(H,22,23)/t18-/m1/s1. The highest BCUT2D eigenvalue weighted by Gasteiger charge is 2.24. The average Bonchev–Trinajstić information content (AvgIpc) is 3.28. The summed E-state index contributed by atoms with van der Waals surface area (Å²) in [4.78, 5) is 9.07. The van der Waals surface area contributed by atoms with Crippen LogP contribution >= 0.6 is 0 Å². The quantitative estimate of drug-likeness (QED) is 0.758. The lowest BCUT2D eigenvalue weighted by Crippen LogP contribution is -2.23. The largest absolute Gasteiger partial charge is 0.460 e. The normalized spacial score (nSPS) is 19.6. The molecule has 130 valence electrons. The molecule has 0 amide bonds. The van der Waals surface area contributed by atoms with Crippen LogP contribution in [0.5, 0.6) is 0 Å². The van der Waals surface area contributed by atoms with E-state index in [-0.39, 0.29) is 6.04 Å². The van der Waals surface area contributed by atoms with Crippen molar-refractivity contribution in [1.29, 1.82) is 0 Å². The smallest absolute Gasteiger partial charge is 0.290 e. The maximum atomic E-state index is 5.85. The second-order valence-electron chi connectivity index (χ2n) is 6.61. The number of amidine groups is 1. The van der Waals surface area contributed by atoms with Crippen molar-refractivity contribution in [2.45, 2.75) is 32.4 Å². The number of aliphatic imine (C=N–C) groups is 1. The third-order valence-corrected chi connectivity index (χ3v) is 4.87. The summed E-state index contributed by atoms with van der Waals surface area (Å²) in [5.74, 6) is 1.14. The van der Waals surface area contributed by atoms with E-state index < -0.39 is 0 Å². The number of ether oxygens (including phenoxy) is 1. The van der Waals surface area contributed by atoms with Gasteiger partial charge in [-0.05, 0) is 42.2 Å². The second kappa shape index (κ2) is 5.98. The van der Waals surface area contributed by atoms with E-state index in [1.165, 1.54) is 11.1 Å². The van der Waals surface area contributed by atoms with E-state index in [9.17, 15) is 0 Å². The molecule has 0 bridgehead atoms. The highest BCUT2D eigenvalue weighted by atomic mass is 16.5. The van der Waals surface area contributed by atoms with Gasteiger partial charge in [0.2, 0.25) is 11.7 Å². The van der Waals surface area contributed by atoms with Crippen LogP contribution in [0, 0.1) is 6.92 Å². The molecule has 1 aromatic heterocycles. The van der Waals surface area contributed by atoms with Crippen LogP contribution in [0.25, 0.3) is 11.4 Å². The number of fused-ring (bicyclic) bond motifs is 2. The summed E-state index contributed by atoms with van der Waals surface area (Å²) in [5.41, 5.74) is 5.66. The number of benzene rings is 2. The molecule has 1 aliphatic carbocycles. The molecule has 0 saturated carbocycles. The minimum Gasteiger partial charge on any atom is -0.460 e. The number of anilines is 1. The first kappa shape index (κ1) is 15.1. The van der Waals surface area contributed by atoms with Crippen molar-refractivity contribution >= 4 is 11.7 Å². The minimum atomic E-state index is 0.164. The number of hydrogen-bond donors (Lipinski definition) is 1. The molecule has 1 aliphatic heterocycles. The minimum absolute atomic E-state index is 0.164. The Hall–Kier alpha value is -3.15. The Bertz CT molecular complexity index is 1010. The first-order chi connectivity index (χ1) is 12.8. The van der Waals surface area contributed by atoms with Crippen molar-refractivity contribution in [3.05, 3.63) is 65.0 Å². The summed E-state index contributed by atoms with van der Waals surface area (Å²) in [5, 5.41) is 7.27. The molecule has 6 nitrogen and oxygen atoms in total. The Labute approximate surface area is 150 Å². The number of nitrogens with one attached hydrogen (secondary N) is 1. The maximum Gasteiger partial charge on any atom is 0.290 e. The molecule has 5 rings (SSSR count).